The minimum atomic E-state index is -0.564. The van der Waals surface area contributed by atoms with Gasteiger partial charge in [-0.05, 0) is 25.2 Å². The van der Waals surface area contributed by atoms with Crippen molar-refractivity contribution in [3.05, 3.63) is 0 Å². The van der Waals surface area contributed by atoms with Gasteiger partial charge in [-0.15, -0.1) is 6.42 Å². The Bertz CT molecular complexity index is 219. The Morgan fingerprint density at radius 2 is 1.83 bits per heavy atom. The molecular formula is C10H18OSi. The summed E-state index contributed by atoms with van der Waals surface area (Å²) >= 11 is 0. The van der Waals surface area contributed by atoms with Gasteiger partial charge in [0.05, 0.1) is 10.6 Å². The van der Waals surface area contributed by atoms with E-state index in [1.165, 1.54) is 0 Å². The number of aliphatic hydroxyl groups is 1. The summed E-state index contributed by atoms with van der Waals surface area (Å²) in [4.78, 5) is 0. The normalized spacial score (nSPS) is 45.9. The van der Waals surface area contributed by atoms with Crippen molar-refractivity contribution >= 4 is 10.2 Å². The molecule has 0 aromatic heterocycles. The van der Waals surface area contributed by atoms with E-state index in [1.807, 2.05) is 6.92 Å². The Kier molecular flexibility index (Phi) is 1.94. The van der Waals surface area contributed by atoms with Gasteiger partial charge in [0.25, 0.3) is 0 Å². The van der Waals surface area contributed by atoms with Crippen molar-refractivity contribution in [1.82, 2.24) is 0 Å². The van der Waals surface area contributed by atoms with Gasteiger partial charge in [-0.3, -0.25) is 0 Å². The van der Waals surface area contributed by atoms with Crippen LogP contribution in [0.1, 0.15) is 33.6 Å². The molecule has 2 heteroatoms. The Hall–Kier alpha value is -0.263. The molecule has 1 N–H and O–H groups in total. The number of hydrogen-bond acceptors (Lipinski definition) is 1. The van der Waals surface area contributed by atoms with E-state index < -0.39 is 5.22 Å². The highest BCUT2D eigenvalue weighted by atomic mass is 28.1. The Labute approximate surface area is 78.0 Å². The molecule has 0 aromatic rings. The molecule has 0 spiro atoms. The SMILES string of the molecule is C#CC1(C)C(C)(C)CCC1(O)[SiH3]. The summed E-state index contributed by atoms with van der Waals surface area (Å²) in [5.41, 5.74) is -0.246. The summed E-state index contributed by atoms with van der Waals surface area (Å²) < 4.78 is 0. The van der Waals surface area contributed by atoms with Crippen LogP contribution >= 0.6 is 0 Å². The second-order valence-electron chi connectivity index (χ2n) is 4.93. The standard InChI is InChI=1S/C10H18OSi/c1-5-9(4)8(2,3)6-7-10(9,11)12/h1,11H,6-7H2,2-4,12H3. The molecule has 0 bridgehead atoms. The predicted molar refractivity (Wildman–Crippen MR) is 54.8 cm³/mol. The molecule has 12 heavy (non-hydrogen) atoms. The molecule has 1 aliphatic carbocycles. The molecule has 0 radical (unpaired) electrons. The van der Waals surface area contributed by atoms with Gasteiger partial charge in [-0.25, -0.2) is 0 Å². The highest BCUT2D eigenvalue weighted by Gasteiger charge is 2.57. The molecule has 0 aliphatic heterocycles. The van der Waals surface area contributed by atoms with Crippen molar-refractivity contribution in [2.75, 3.05) is 0 Å². The first-order chi connectivity index (χ1) is 5.27. The average molecular weight is 182 g/mol. The molecule has 2 unspecified atom stereocenters. The Balaban J connectivity index is 3.16. The lowest BCUT2D eigenvalue weighted by atomic mass is 9.69. The molecule has 1 nitrogen and oxygen atoms in total. The van der Waals surface area contributed by atoms with Gasteiger partial charge in [0.1, 0.15) is 0 Å². The van der Waals surface area contributed by atoms with E-state index >= 15 is 0 Å². The fraction of sp³-hybridized carbons (Fsp3) is 0.800. The first kappa shape index (κ1) is 9.82. The van der Waals surface area contributed by atoms with Crippen molar-refractivity contribution in [3.8, 4) is 12.3 Å². The van der Waals surface area contributed by atoms with E-state index in [2.05, 4.69) is 19.8 Å². The van der Waals surface area contributed by atoms with Crippen LogP contribution in [0.3, 0.4) is 0 Å². The molecule has 1 saturated carbocycles. The van der Waals surface area contributed by atoms with Crippen LogP contribution in [0.4, 0.5) is 0 Å². The fourth-order valence-corrected chi connectivity index (χ4v) is 3.21. The highest BCUT2D eigenvalue weighted by Crippen LogP contribution is 2.56. The lowest BCUT2D eigenvalue weighted by Crippen LogP contribution is -2.47. The monoisotopic (exact) mass is 182 g/mol. The van der Waals surface area contributed by atoms with Gasteiger partial charge in [0.15, 0.2) is 0 Å². The maximum atomic E-state index is 10.2. The first-order valence-corrected chi connectivity index (χ1v) is 5.47. The largest absolute Gasteiger partial charge is 0.393 e. The lowest BCUT2D eigenvalue weighted by molar-refractivity contribution is 0.0167. The van der Waals surface area contributed by atoms with Crippen LogP contribution in [-0.2, 0) is 0 Å². The van der Waals surface area contributed by atoms with Gasteiger partial charge in [-0.1, -0.05) is 19.8 Å². The van der Waals surface area contributed by atoms with Crippen molar-refractivity contribution in [2.45, 2.75) is 38.8 Å². The van der Waals surface area contributed by atoms with Crippen LogP contribution in [0.5, 0.6) is 0 Å². The second-order valence-corrected chi connectivity index (χ2v) is 6.58. The molecular weight excluding hydrogens is 164 g/mol. The topological polar surface area (TPSA) is 20.2 Å². The molecule has 1 fully saturated rings. The average Bonchev–Trinajstić information content (AvgIpc) is 2.12. The van der Waals surface area contributed by atoms with E-state index in [4.69, 9.17) is 6.42 Å². The third kappa shape index (κ3) is 0.966. The molecule has 1 rings (SSSR count). The lowest BCUT2D eigenvalue weighted by Gasteiger charge is -2.41. The van der Waals surface area contributed by atoms with E-state index in [1.54, 1.807) is 0 Å². The fourth-order valence-electron chi connectivity index (χ4n) is 2.14. The van der Waals surface area contributed by atoms with Crippen LogP contribution in [0, 0.1) is 23.2 Å². The van der Waals surface area contributed by atoms with Gasteiger partial charge >= 0.3 is 0 Å². The quantitative estimate of drug-likeness (QED) is 0.427. The predicted octanol–water partition coefficient (Wildman–Crippen LogP) is 0.500. The third-order valence-electron chi connectivity index (χ3n) is 3.96. The van der Waals surface area contributed by atoms with Gasteiger partial charge < -0.3 is 5.11 Å². The van der Waals surface area contributed by atoms with E-state index in [9.17, 15) is 5.11 Å². The van der Waals surface area contributed by atoms with Crippen LogP contribution < -0.4 is 0 Å². The van der Waals surface area contributed by atoms with Crippen molar-refractivity contribution in [1.29, 1.82) is 0 Å². The van der Waals surface area contributed by atoms with E-state index in [-0.39, 0.29) is 10.8 Å². The molecule has 2 atom stereocenters. The smallest absolute Gasteiger partial charge is 0.0615 e. The molecule has 1 aliphatic rings. The van der Waals surface area contributed by atoms with Crippen LogP contribution in [0.2, 0.25) is 0 Å². The van der Waals surface area contributed by atoms with E-state index in [0.29, 0.717) is 0 Å². The number of hydrogen-bond donors (Lipinski definition) is 1. The second kappa shape index (κ2) is 2.37. The van der Waals surface area contributed by atoms with Crippen molar-refractivity contribution in [3.63, 3.8) is 0 Å². The summed E-state index contributed by atoms with van der Waals surface area (Å²) in [5.74, 6) is 2.81. The van der Waals surface area contributed by atoms with E-state index in [0.717, 1.165) is 23.1 Å². The maximum Gasteiger partial charge on any atom is 0.0615 e. The Morgan fingerprint density at radius 3 is 2.00 bits per heavy atom. The maximum absolute atomic E-state index is 10.2. The summed E-state index contributed by atoms with van der Waals surface area (Å²) in [6, 6.07) is 0. The summed E-state index contributed by atoms with van der Waals surface area (Å²) in [6.07, 6.45) is 7.43. The highest BCUT2D eigenvalue weighted by molar-refractivity contribution is 6.15. The van der Waals surface area contributed by atoms with Gasteiger partial charge in [0.2, 0.25) is 0 Å². The van der Waals surface area contributed by atoms with Crippen LogP contribution in [-0.4, -0.2) is 20.6 Å². The van der Waals surface area contributed by atoms with Gasteiger partial charge in [0, 0.05) is 10.2 Å². The molecule has 68 valence electrons. The van der Waals surface area contributed by atoms with Crippen LogP contribution in [0.25, 0.3) is 0 Å². The number of terminal acetylenes is 1. The summed E-state index contributed by atoms with van der Waals surface area (Å²) in [5, 5.41) is 9.60. The zero-order valence-corrected chi connectivity index (χ0v) is 10.4. The van der Waals surface area contributed by atoms with Crippen LogP contribution in [0.15, 0.2) is 0 Å². The molecule has 0 heterocycles. The minimum Gasteiger partial charge on any atom is -0.393 e. The first-order valence-electron chi connectivity index (χ1n) is 4.47. The molecule has 0 aromatic carbocycles. The Morgan fingerprint density at radius 1 is 1.33 bits per heavy atom. The zero-order valence-electron chi connectivity index (χ0n) is 8.44. The minimum absolute atomic E-state index is 0.0816. The molecule has 0 amide bonds. The van der Waals surface area contributed by atoms with Gasteiger partial charge in [-0.2, -0.15) is 0 Å². The molecule has 0 saturated heterocycles. The van der Waals surface area contributed by atoms with Crippen molar-refractivity contribution in [2.24, 2.45) is 10.8 Å². The zero-order chi connectivity index (χ0) is 9.62. The summed E-state index contributed by atoms with van der Waals surface area (Å²) in [7, 11) is 0.764. The van der Waals surface area contributed by atoms with Crippen molar-refractivity contribution < 1.29 is 5.11 Å². The summed E-state index contributed by atoms with van der Waals surface area (Å²) in [6.45, 7) is 6.33. The third-order valence-corrected chi connectivity index (χ3v) is 5.46. The number of rotatable bonds is 0.